The zero-order valence-corrected chi connectivity index (χ0v) is 11.8. The van der Waals surface area contributed by atoms with Gasteiger partial charge in [0.25, 0.3) is 0 Å². The maximum absolute atomic E-state index is 5.82. The van der Waals surface area contributed by atoms with Crippen LogP contribution in [-0.4, -0.2) is 24.7 Å². The van der Waals surface area contributed by atoms with Gasteiger partial charge in [-0.25, -0.2) is 4.98 Å². The minimum absolute atomic E-state index is 0.663. The molecule has 1 heterocycles. The van der Waals surface area contributed by atoms with Gasteiger partial charge in [-0.15, -0.1) is 0 Å². The Morgan fingerprint density at radius 2 is 2.26 bits per heavy atom. The van der Waals surface area contributed by atoms with Crippen molar-refractivity contribution in [3.63, 3.8) is 0 Å². The van der Waals surface area contributed by atoms with Gasteiger partial charge < -0.3 is 15.8 Å². The van der Waals surface area contributed by atoms with E-state index in [0.717, 1.165) is 37.7 Å². The predicted molar refractivity (Wildman–Crippen MR) is 78.4 cm³/mol. The van der Waals surface area contributed by atoms with Crippen LogP contribution < -0.4 is 15.8 Å². The van der Waals surface area contributed by atoms with Crippen LogP contribution in [0.25, 0.3) is 0 Å². The van der Waals surface area contributed by atoms with Crippen molar-refractivity contribution in [3.05, 3.63) is 18.3 Å². The van der Waals surface area contributed by atoms with E-state index in [-0.39, 0.29) is 0 Å². The smallest absolute Gasteiger partial charge is 0.168 e. The highest BCUT2D eigenvalue weighted by Gasteiger charge is 2.25. The van der Waals surface area contributed by atoms with Gasteiger partial charge in [0.15, 0.2) is 11.6 Å². The molecule has 19 heavy (non-hydrogen) atoms. The van der Waals surface area contributed by atoms with Crippen molar-refractivity contribution < 1.29 is 4.74 Å². The molecule has 1 aromatic rings. The topological polar surface area (TPSA) is 60.2 Å². The van der Waals surface area contributed by atoms with Gasteiger partial charge >= 0.3 is 0 Å². The molecule has 0 bridgehead atoms. The van der Waals surface area contributed by atoms with Crippen molar-refractivity contribution in [3.8, 4) is 5.75 Å². The molecule has 2 rings (SSSR count). The Labute approximate surface area is 115 Å². The number of nitrogens with two attached hydrogens (primary N) is 1. The first-order valence-corrected chi connectivity index (χ1v) is 7.37. The summed E-state index contributed by atoms with van der Waals surface area (Å²) in [6.45, 7) is 4.58. The van der Waals surface area contributed by atoms with Crippen LogP contribution in [0.2, 0.25) is 0 Å². The number of nitrogens with zero attached hydrogens (tertiary/aromatic N) is 1. The normalized spacial score (nSPS) is 22.4. The van der Waals surface area contributed by atoms with Gasteiger partial charge in [-0.05, 0) is 49.8 Å². The van der Waals surface area contributed by atoms with Crippen LogP contribution in [0, 0.1) is 11.8 Å². The molecule has 4 nitrogen and oxygen atoms in total. The van der Waals surface area contributed by atoms with E-state index in [1.165, 1.54) is 19.3 Å². The highest BCUT2D eigenvalue weighted by Crippen LogP contribution is 2.31. The number of hydrogen-bond donors (Lipinski definition) is 2. The third kappa shape index (κ3) is 3.83. The Bertz CT molecular complexity index is 383. The van der Waals surface area contributed by atoms with Crippen molar-refractivity contribution in [1.29, 1.82) is 0 Å². The summed E-state index contributed by atoms with van der Waals surface area (Å²) in [4.78, 5) is 4.38. The third-order valence-corrected chi connectivity index (χ3v) is 3.88. The van der Waals surface area contributed by atoms with Crippen LogP contribution >= 0.6 is 0 Å². The average molecular weight is 263 g/mol. The molecule has 1 aliphatic carbocycles. The fraction of sp³-hybridized carbons (Fsp3) is 0.667. The molecular formula is C15H25N3O. The van der Waals surface area contributed by atoms with Crippen molar-refractivity contribution >= 4 is 5.82 Å². The fourth-order valence-electron chi connectivity index (χ4n) is 2.77. The average Bonchev–Trinajstić information content (AvgIpc) is 2.91. The lowest BCUT2D eigenvalue weighted by atomic mass is 9.96. The van der Waals surface area contributed by atoms with Crippen LogP contribution in [0.5, 0.6) is 5.75 Å². The first-order valence-electron chi connectivity index (χ1n) is 7.37. The number of pyridine rings is 1. The van der Waals surface area contributed by atoms with E-state index in [9.17, 15) is 0 Å². The van der Waals surface area contributed by atoms with Crippen molar-refractivity contribution in [2.24, 2.45) is 17.6 Å². The predicted octanol–water partition coefficient (Wildman–Crippen LogP) is 2.66. The van der Waals surface area contributed by atoms with Crippen LogP contribution in [0.3, 0.4) is 0 Å². The van der Waals surface area contributed by atoms with E-state index in [2.05, 4.69) is 17.2 Å². The number of ether oxygens (including phenoxy) is 1. The van der Waals surface area contributed by atoms with Crippen LogP contribution in [0.1, 0.15) is 32.6 Å². The second-order valence-electron chi connectivity index (χ2n) is 5.27. The molecule has 106 valence electrons. The van der Waals surface area contributed by atoms with Crippen molar-refractivity contribution in [2.45, 2.75) is 32.6 Å². The lowest BCUT2D eigenvalue weighted by Crippen LogP contribution is -2.24. The number of rotatable bonds is 7. The summed E-state index contributed by atoms with van der Waals surface area (Å²) in [5.41, 5.74) is 5.82. The molecule has 1 aromatic heterocycles. The quantitative estimate of drug-likeness (QED) is 0.794. The monoisotopic (exact) mass is 263 g/mol. The Balaban J connectivity index is 1.91. The molecule has 1 saturated carbocycles. The molecule has 2 unspecified atom stereocenters. The number of anilines is 1. The molecule has 2 atom stereocenters. The molecule has 0 saturated heterocycles. The summed E-state index contributed by atoms with van der Waals surface area (Å²) in [5, 5.41) is 3.44. The van der Waals surface area contributed by atoms with Crippen LogP contribution in [0.15, 0.2) is 18.3 Å². The lowest BCUT2D eigenvalue weighted by molar-refractivity contribution is 0.317. The van der Waals surface area contributed by atoms with Gasteiger partial charge in [-0.1, -0.05) is 13.3 Å². The maximum atomic E-state index is 5.82. The first-order chi connectivity index (χ1) is 9.35. The van der Waals surface area contributed by atoms with Gasteiger partial charge in [0.1, 0.15) is 0 Å². The van der Waals surface area contributed by atoms with Crippen LogP contribution in [-0.2, 0) is 0 Å². The summed E-state index contributed by atoms with van der Waals surface area (Å²) in [6, 6.07) is 3.88. The Kier molecular flexibility index (Phi) is 5.45. The summed E-state index contributed by atoms with van der Waals surface area (Å²) < 4.78 is 5.70. The Morgan fingerprint density at radius 1 is 1.42 bits per heavy atom. The van der Waals surface area contributed by atoms with Gasteiger partial charge in [0.2, 0.25) is 0 Å². The van der Waals surface area contributed by atoms with E-state index < -0.39 is 0 Å². The van der Waals surface area contributed by atoms with Gasteiger partial charge in [-0.2, -0.15) is 0 Å². The zero-order valence-electron chi connectivity index (χ0n) is 11.8. The summed E-state index contributed by atoms with van der Waals surface area (Å²) >= 11 is 0. The number of aromatic nitrogens is 1. The highest BCUT2D eigenvalue weighted by molar-refractivity contribution is 5.49. The third-order valence-electron chi connectivity index (χ3n) is 3.88. The Hall–Kier alpha value is -1.29. The number of hydrogen-bond acceptors (Lipinski definition) is 4. The molecule has 0 spiro atoms. The van der Waals surface area contributed by atoms with Gasteiger partial charge in [0.05, 0.1) is 6.61 Å². The standard InChI is InChI=1S/C15H25N3O/c1-2-9-19-14-7-4-8-17-15(14)18-11-13-6-3-5-12(13)10-16/h4,7-8,12-13H,2-3,5-6,9-11,16H2,1H3,(H,17,18). The summed E-state index contributed by atoms with van der Waals surface area (Å²) in [6.07, 6.45) is 6.65. The molecule has 1 aliphatic rings. The van der Waals surface area contributed by atoms with E-state index in [0.29, 0.717) is 11.8 Å². The molecule has 1 fully saturated rings. The first kappa shape index (κ1) is 14.1. The molecule has 3 N–H and O–H groups in total. The summed E-state index contributed by atoms with van der Waals surface area (Å²) in [5.74, 6) is 3.05. The Morgan fingerprint density at radius 3 is 3.05 bits per heavy atom. The second kappa shape index (κ2) is 7.34. The lowest BCUT2D eigenvalue weighted by Gasteiger charge is -2.19. The fourth-order valence-corrected chi connectivity index (χ4v) is 2.77. The minimum atomic E-state index is 0.663. The van der Waals surface area contributed by atoms with Crippen LogP contribution in [0.4, 0.5) is 5.82 Å². The van der Waals surface area contributed by atoms with Gasteiger partial charge in [0, 0.05) is 12.7 Å². The maximum Gasteiger partial charge on any atom is 0.168 e. The van der Waals surface area contributed by atoms with E-state index in [1.54, 1.807) is 6.20 Å². The van der Waals surface area contributed by atoms with Gasteiger partial charge in [-0.3, -0.25) is 0 Å². The van der Waals surface area contributed by atoms with E-state index in [4.69, 9.17) is 10.5 Å². The summed E-state index contributed by atoms with van der Waals surface area (Å²) in [7, 11) is 0. The van der Waals surface area contributed by atoms with E-state index >= 15 is 0 Å². The second-order valence-corrected chi connectivity index (χ2v) is 5.27. The SMILES string of the molecule is CCCOc1cccnc1NCC1CCCC1CN. The molecular weight excluding hydrogens is 238 g/mol. The minimum Gasteiger partial charge on any atom is -0.490 e. The molecule has 0 radical (unpaired) electrons. The highest BCUT2D eigenvalue weighted by atomic mass is 16.5. The van der Waals surface area contributed by atoms with Crippen molar-refractivity contribution in [2.75, 3.05) is 25.0 Å². The van der Waals surface area contributed by atoms with Crippen molar-refractivity contribution in [1.82, 2.24) is 4.98 Å². The number of nitrogens with one attached hydrogen (secondary N) is 1. The largest absolute Gasteiger partial charge is 0.490 e. The molecule has 0 aromatic carbocycles. The van der Waals surface area contributed by atoms with E-state index in [1.807, 2.05) is 12.1 Å². The molecule has 0 aliphatic heterocycles. The zero-order chi connectivity index (χ0) is 13.5. The molecule has 0 amide bonds. The molecule has 4 heteroatoms.